The van der Waals surface area contributed by atoms with E-state index in [2.05, 4.69) is 43.6 Å². The van der Waals surface area contributed by atoms with Gasteiger partial charge in [0.25, 0.3) is 0 Å². The lowest BCUT2D eigenvalue weighted by Crippen LogP contribution is -2.32. The summed E-state index contributed by atoms with van der Waals surface area (Å²) in [5.41, 5.74) is 0. The molecule has 0 aromatic carbocycles. The Balaban J connectivity index is 2.21. The van der Waals surface area contributed by atoms with Crippen LogP contribution in [-0.4, -0.2) is 19.3 Å². The zero-order valence-electron chi connectivity index (χ0n) is 10.4. The van der Waals surface area contributed by atoms with Crippen LogP contribution < -0.4 is 5.32 Å². The fourth-order valence-electron chi connectivity index (χ4n) is 2.86. The van der Waals surface area contributed by atoms with Crippen molar-refractivity contribution in [3.05, 3.63) is 22.4 Å². The van der Waals surface area contributed by atoms with Gasteiger partial charge in [0, 0.05) is 16.8 Å². The van der Waals surface area contributed by atoms with Crippen molar-refractivity contribution in [1.82, 2.24) is 5.32 Å². The Bertz CT molecular complexity index is 325. The van der Waals surface area contributed by atoms with E-state index in [1.807, 2.05) is 18.4 Å². The second-order valence-corrected chi connectivity index (χ2v) is 5.74. The smallest absolute Gasteiger partial charge is 0.0600 e. The Morgan fingerprint density at radius 2 is 2.06 bits per heavy atom. The zero-order valence-corrected chi connectivity index (χ0v) is 11.3. The van der Waals surface area contributed by atoms with Gasteiger partial charge in [0.2, 0.25) is 0 Å². The van der Waals surface area contributed by atoms with Crippen LogP contribution in [0.1, 0.15) is 31.7 Å². The van der Waals surface area contributed by atoms with E-state index in [9.17, 15) is 0 Å². The Morgan fingerprint density at radius 1 is 1.31 bits per heavy atom. The normalized spacial score (nSPS) is 36.5. The second-order valence-electron chi connectivity index (χ2n) is 4.76. The first-order chi connectivity index (χ1) is 7.65. The number of hydrogen-bond donors (Lipinski definition) is 1. The van der Waals surface area contributed by atoms with Crippen molar-refractivity contribution in [2.24, 2.45) is 11.8 Å². The van der Waals surface area contributed by atoms with Crippen molar-refractivity contribution >= 4 is 11.3 Å². The van der Waals surface area contributed by atoms with Crippen LogP contribution >= 0.6 is 11.3 Å². The quantitative estimate of drug-likeness (QED) is 0.875. The van der Waals surface area contributed by atoms with Gasteiger partial charge in [-0.1, -0.05) is 13.0 Å². The van der Waals surface area contributed by atoms with Gasteiger partial charge in [-0.3, -0.25) is 0 Å². The molecule has 90 valence electrons. The molecule has 5 unspecified atom stereocenters. The predicted octanol–water partition coefficient (Wildman–Crippen LogP) is 3.07. The number of ether oxygens (including phenoxy) is 1. The lowest BCUT2D eigenvalue weighted by Gasteiger charge is -2.27. The van der Waals surface area contributed by atoms with E-state index >= 15 is 0 Å². The molecule has 0 bridgehead atoms. The highest BCUT2D eigenvalue weighted by Crippen LogP contribution is 2.41. The fourth-order valence-corrected chi connectivity index (χ4v) is 3.75. The first-order valence-electron chi connectivity index (χ1n) is 6.01. The summed E-state index contributed by atoms with van der Waals surface area (Å²) in [5, 5.41) is 5.61. The minimum Gasteiger partial charge on any atom is -0.375 e. The Morgan fingerprint density at radius 3 is 2.50 bits per heavy atom. The molecule has 0 radical (unpaired) electrons. The van der Waals surface area contributed by atoms with Crippen molar-refractivity contribution in [2.45, 2.75) is 39.0 Å². The Kier molecular flexibility index (Phi) is 3.67. The molecule has 1 N–H and O–H groups in total. The zero-order chi connectivity index (χ0) is 11.7. The number of rotatable bonds is 3. The van der Waals surface area contributed by atoms with Crippen LogP contribution in [0.5, 0.6) is 0 Å². The van der Waals surface area contributed by atoms with Crippen LogP contribution in [0.3, 0.4) is 0 Å². The van der Waals surface area contributed by atoms with Gasteiger partial charge in [0.15, 0.2) is 0 Å². The molecule has 2 heterocycles. The molecule has 1 aromatic heterocycles. The van der Waals surface area contributed by atoms with E-state index in [-0.39, 0.29) is 0 Å². The summed E-state index contributed by atoms with van der Waals surface area (Å²) in [4.78, 5) is 1.42. The molecule has 16 heavy (non-hydrogen) atoms. The third kappa shape index (κ3) is 2.04. The molecule has 1 aliphatic rings. The first-order valence-corrected chi connectivity index (χ1v) is 6.89. The molecule has 2 rings (SSSR count). The van der Waals surface area contributed by atoms with E-state index in [0.717, 1.165) is 0 Å². The van der Waals surface area contributed by atoms with Gasteiger partial charge in [-0.15, -0.1) is 11.3 Å². The summed E-state index contributed by atoms with van der Waals surface area (Å²) < 4.78 is 5.93. The number of hydrogen-bond acceptors (Lipinski definition) is 3. The number of nitrogens with one attached hydrogen (secondary N) is 1. The second kappa shape index (κ2) is 4.86. The van der Waals surface area contributed by atoms with Crippen LogP contribution in [0, 0.1) is 11.8 Å². The van der Waals surface area contributed by atoms with Crippen molar-refractivity contribution < 1.29 is 4.74 Å². The fraction of sp³-hybridized carbons (Fsp3) is 0.692. The third-order valence-corrected chi connectivity index (χ3v) is 4.82. The largest absolute Gasteiger partial charge is 0.375 e. The van der Waals surface area contributed by atoms with E-state index in [0.29, 0.717) is 30.1 Å². The molecule has 1 aliphatic heterocycles. The lowest BCUT2D eigenvalue weighted by atomic mass is 9.83. The van der Waals surface area contributed by atoms with Crippen LogP contribution in [-0.2, 0) is 4.74 Å². The maximum absolute atomic E-state index is 5.93. The average Bonchev–Trinajstić information content (AvgIpc) is 2.84. The molecule has 0 saturated carbocycles. The van der Waals surface area contributed by atoms with E-state index in [4.69, 9.17) is 4.74 Å². The Labute approximate surface area is 102 Å². The molecular formula is C13H21NOS. The highest BCUT2D eigenvalue weighted by atomic mass is 32.1. The average molecular weight is 239 g/mol. The molecule has 1 aromatic rings. The van der Waals surface area contributed by atoms with Crippen LogP contribution in [0.15, 0.2) is 17.5 Å². The van der Waals surface area contributed by atoms with Gasteiger partial charge >= 0.3 is 0 Å². The standard InChI is InChI=1S/C13H21NOS/c1-8-9(2)15-10(3)12(8)13(14-4)11-6-5-7-16-11/h5-10,12-14H,1-4H3. The molecule has 5 atom stereocenters. The molecular weight excluding hydrogens is 218 g/mol. The maximum atomic E-state index is 5.93. The minimum absolute atomic E-state index is 0.338. The predicted molar refractivity (Wildman–Crippen MR) is 68.8 cm³/mol. The summed E-state index contributed by atoms with van der Waals surface area (Å²) >= 11 is 1.83. The van der Waals surface area contributed by atoms with Gasteiger partial charge < -0.3 is 10.1 Å². The molecule has 0 spiro atoms. The molecule has 3 heteroatoms. The van der Waals surface area contributed by atoms with Gasteiger partial charge in [-0.2, -0.15) is 0 Å². The van der Waals surface area contributed by atoms with Crippen molar-refractivity contribution in [1.29, 1.82) is 0 Å². The maximum Gasteiger partial charge on any atom is 0.0600 e. The summed E-state index contributed by atoms with van der Waals surface area (Å²) in [6, 6.07) is 4.77. The first kappa shape index (κ1) is 12.1. The highest BCUT2D eigenvalue weighted by molar-refractivity contribution is 7.10. The van der Waals surface area contributed by atoms with Gasteiger partial charge in [-0.25, -0.2) is 0 Å². The van der Waals surface area contributed by atoms with E-state index in [1.54, 1.807) is 0 Å². The van der Waals surface area contributed by atoms with Crippen LogP contribution in [0.2, 0.25) is 0 Å². The third-order valence-electron chi connectivity index (χ3n) is 3.86. The number of thiophene rings is 1. The van der Waals surface area contributed by atoms with Gasteiger partial charge in [0.1, 0.15) is 0 Å². The summed E-state index contributed by atoms with van der Waals surface area (Å²) in [5.74, 6) is 1.17. The van der Waals surface area contributed by atoms with Gasteiger partial charge in [0.05, 0.1) is 12.2 Å². The summed E-state index contributed by atoms with van der Waals surface area (Å²) in [6.45, 7) is 6.68. The van der Waals surface area contributed by atoms with E-state index < -0.39 is 0 Å². The minimum atomic E-state index is 0.338. The molecule has 1 fully saturated rings. The SMILES string of the molecule is CNC(c1cccs1)C1C(C)OC(C)C1C. The summed E-state index contributed by atoms with van der Waals surface area (Å²) in [7, 11) is 2.05. The van der Waals surface area contributed by atoms with Crippen molar-refractivity contribution in [3.63, 3.8) is 0 Å². The van der Waals surface area contributed by atoms with Crippen molar-refractivity contribution in [3.8, 4) is 0 Å². The van der Waals surface area contributed by atoms with E-state index in [1.165, 1.54) is 4.88 Å². The van der Waals surface area contributed by atoms with Gasteiger partial charge in [-0.05, 0) is 38.3 Å². The lowest BCUT2D eigenvalue weighted by molar-refractivity contribution is 0.0479. The Hall–Kier alpha value is -0.380. The molecule has 2 nitrogen and oxygen atoms in total. The topological polar surface area (TPSA) is 21.3 Å². The summed E-state index contributed by atoms with van der Waals surface area (Å²) in [6.07, 6.45) is 0.709. The highest BCUT2D eigenvalue weighted by Gasteiger charge is 2.41. The van der Waals surface area contributed by atoms with Crippen molar-refractivity contribution in [2.75, 3.05) is 7.05 Å². The van der Waals surface area contributed by atoms with Crippen LogP contribution in [0.25, 0.3) is 0 Å². The molecule has 0 amide bonds. The monoisotopic (exact) mass is 239 g/mol. The molecule has 0 aliphatic carbocycles. The molecule has 1 saturated heterocycles. The van der Waals surface area contributed by atoms with Crippen LogP contribution in [0.4, 0.5) is 0 Å².